The zero-order valence-corrected chi connectivity index (χ0v) is 11.0. The number of aliphatic hydroxyl groups is 1. The fourth-order valence-corrected chi connectivity index (χ4v) is 1.53. The van der Waals surface area contributed by atoms with Crippen LogP contribution >= 0.6 is 0 Å². The fourth-order valence-electron chi connectivity index (χ4n) is 1.53. The van der Waals surface area contributed by atoms with E-state index >= 15 is 0 Å². The van der Waals surface area contributed by atoms with Crippen LogP contribution in [0, 0.1) is 0 Å². The second-order valence-corrected chi connectivity index (χ2v) is 4.60. The van der Waals surface area contributed by atoms with Gasteiger partial charge >= 0.3 is 23.7 Å². The minimum absolute atomic E-state index is 0.0413. The van der Waals surface area contributed by atoms with Crippen LogP contribution in [0.1, 0.15) is 32.1 Å². The Kier molecular flexibility index (Phi) is 6.65. The lowest BCUT2D eigenvalue weighted by atomic mass is 9.95. The molecule has 0 heterocycles. The third-order valence-electron chi connectivity index (χ3n) is 2.91. The zero-order chi connectivity index (χ0) is 16.9. The minimum atomic E-state index is -6.36. The largest absolute Gasteiger partial charge is 0.390 e. The van der Waals surface area contributed by atoms with Crippen LogP contribution < -0.4 is 0 Å². The van der Waals surface area contributed by atoms with E-state index in [9.17, 15) is 35.1 Å². The first-order chi connectivity index (χ1) is 9.37. The van der Waals surface area contributed by atoms with Crippen LogP contribution in [0.3, 0.4) is 0 Å². The summed E-state index contributed by atoms with van der Waals surface area (Å²) in [5, 5.41) is 8.01. The number of alkyl halides is 8. The molecular weight excluding hydrogens is 312 g/mol. The molecule has 0 aliphatic carbocycles. The summed E-state index contributed by atoms with van der Waals surface area (Å²) < 4.78 is 104. The van der Waals surface area contributed by atoms with Crippen molar-refractivity contribution in [1.29, 1.82) is 0 Å². The van der Waals surface area contributed by atoms with Gasteiger partial charge in [-0.25, -0.2) is 0 Å². The van der Waals surface area contributed by atoms with Gasteiger partial charge in [0.25, 0.3) is 0 Å². The third-order valence-corrected chi connectivity index (χ3v) is 2.91. The van der Waals surface area contributed by atoms with Crippen molar-refractivity contribution >= 4 is 0 Å². The second-order valence-electron chi connectivity index (χ2n) is 4.60. The summed E-state index contributed by atoms with van der Waals surface area (Å²) in [6, 6.07) is 0. The Morgan fingerprint density at radius 3 is 1.67 bits per heavy atom. The number of aliphatic hydroxyl groups excluding tert-OH is 1. The van der Waals surface area contributed by atoms with E-state index in [0.717, 1.165) is 0 Å². The molecule has 0 radical (unpaired) electrons. The van der Waals surface area contributed by atoms with E-state index in [-0.39, 0.29) is 6.42 Å². The average molecular weight is 328 g/mol. The monoisotopic (exact) mass is 328 g/mol. The molecule has 0 aliphatic heterocycles. The van der Waals surface area contributed by atoms with Gasteiger partial charge in [0.1, 0.15) is 6.61 Å². The van der Waals surface area contributed by atoms with Crippen LogP contribution in [0.5, 0.6) is 0 Å². The molecule has 0 bridgehead atoms. The Hall–Kier alpha value is -0.860. The summed E-state index contributed by atoms with van der Waals surface area (Å²) in [7, 11) is 0. The number of halogens is 8. The minimum Gasteiger partial charge on any atom is -0.390 e. The highest BCUT2D eigenvalue weighted by Crippen LogP contribution is 2.53. The lowest BCUT2D eigenvalue weighted by molar-refractivity contribution is -0.371. The van der Waals surface area contributed by atoms with Gasteiger partial charge in [0.2, 0.25) is 0 Å². The van der Waals surface area contributed by atoms with Gasteiger partial charge in [-0.2, -0.15) is 35.1 Å². The average Bonchev–Trinajstić information content (AvgIpc) is 2.37. The van der Waals surface area contributed by atoms with Gasteiger partial charge in [-0.3, -0.25) is 0 Å². The molecule has 0 unspecified atom stereocenters. The highest BCUT2D eigenvalue weighted by molar-refractivity contribution is 5.03. The highest BCUT2D eigenvalue weighted by Gasteiger charge is 2.79. The summed E-state index contributed by atoms with van der Waals surface area (Å²) in [5.74, 6) is -23.6. The molecule has 0 spiro atoms. The Bertz CT molecular complexity index is 340. The van der Waals surface area contributed by atoms with Gasteiger partial charge in [0, 0.05) is 6.42 Å². The molecule has 1 N–H and O–H groups in total. The molecule has 126 valence electrons. The van der Waals surface area contributed by atoms with E-state index < -0.39 is 43.1 Å². The van der Waals surface area contributed by atoms with Crippen molar-refractivity contribution < 1.29 is 40.2 Å². The van der Waals surface area contributed by atoms with Gasteiger partial charge in [-0.1, -0.05) is 12.5 Å². The molecule has 0 fully saturated rings. The maximum Gasteiger partial charge on any atom is 0.380 e. The Labute approximate surface area is 116 Å². The van der Waals surface area contributed by atoms with Crippen LogP contribution in [-0.2, 0) is 0 Å². The number of allylic oxidation sites excluding steroid dienone is 1. The van der Waals surface area contributed by atoms with Gasteiger partial charge in [0.05, 0.1) is 0 Å². The summed E-state index contributed by atoms with van der Waals surface area (Å²) >= 11 is 0. The molecule has 21 heavy (non-hydrogen) atoms. The molecule has 0 aromatic rings. The molecule has 0 saturated carbocycles. The Morgan fingerprint density at radius 1 is 0.762 bits per heavy atom. The van der Waals surface area contributed by atoms with Crippen molar-refractivity contribution in [3.8, 4) is 0 Å². The van der Waals surface area contributed by atoms with Crippen molar-refractivity contribution in [2.75, 3.05) is 6.61 Å². The van der Waals surface area contributed by atoms with Gasteiger partial charge in [-0.05, 0) is 19.3 Å². The number of unbranched alkanes of at least 4 members (excludes halogenated alkanes) is 3. The third kappa shape index (κ3) is 4.08. The Morgan fingerprint density at radius 2 is 1.24 bits per heavy atom. The zero-order valence-electron chi connectivity index (χ0n) is 11.0. The highest BCUT2D eigenvalue weighted by atomic mass is 19.4. The normalized spacial score (nSPS) is 14.3. The van der Waals surface area contributed by atoms with Crippen LogP contribution in [0.4, 0.5) is 35.1 Å². The van der Waals surface area contributed by atoms with Crippen molar-refractivity contribution in [1.82, 2.24) is 0 Å². The number of hydrogen-bond acceptors (Lipinski definition) is 1. The molecular formula is C12H16F8O. The van der Waals surface area contributed by atoms with Gasteiger partial charge < -0.3 is 5.11 Å². The first-order valence-corrected chi connectivity index (χ1v) is 6.10. The van der Waals surface area contributed by atoms with Crippen LogP contribution in [-0.4, -0.2) is 35.4 Å². The van der Waals surface area contributed by atoms with Crippen molar-refractivity contribution in [2.45, 2.75) is 55.8 Å². The number of rotatable bonds is 10. The van der Waals surface area contributed by atoms with Crippen LogP contribution in [0.15, 0.2) is 12.7 Å². The standard InChI is InChI=1S/C12H16F8O/c1-2-3-4-5-6-7-9(13,14)11(17,18)12(19,20)10(15,16)8-21/h2,21H,1,3-8H2. The quantitative estimate of drug-likeness (QED) is 0.351. The number of hydrogen-bond donors (Lipinski definition) is 1. The topological polar surface area (TPSA) is 20.2 Å². The molecule has 0 atom stereocenters. The van der Waals surface area contributed by atoms with E-state index in [1.165, 1.54) is 6.08 Å². The van der Waals surface area contributed by atoms with E-state index in [1.807, 2.05) is 0 Å². The van der Waals surface area contributed by atoms with Crippen LogP contribution in [0.2, 0.25) is 0 Å². The van der Waals surface area contributed by atoms with Crippen molar-refractivity contribution in [3.63, 3.8) is 0 Å². The van der Waals surface area contributed by atoms with Gasteiger partial charge in [0.15, 0.2) is 0 Å². The molecule has 0 saturated heterocycles. The SMILES string of the molecule is C=CCCCCCC(F)(F)C(F)(F)C(F)(F)C(F)(F)CO. The molecule has 1 nitrogen and oxygen atoms in total. The first-order valence-electron chi connectivity index (χ1n) is 6.10. The second kappa shape index (κ2) is 6.93. The van der Waals surface area contributed by atoms with Gasteiger partial charge in [-0.15, -0.1) is 6.58 Å². The van der Waals surface area contributed by atoms with E-state index in [0.29, 0.717) is 12.8 Å². The lowest BCUT2D eigenvalue weighted by Gasteiger charge is -2.36. The van der Waals surface area contributed by atoms with Crippen molar-refractivity contribution in [3.05, 3.63) is 12.7 Å². The molecule has 0 aromatic heterocycles. The molecule has 0 rings (SSSR count). The van der Waals surface area contributed by atoms with E-state index in [1.54, 1.807) is 0 Å². The van der Waals surface area contributed by atoms with Crippen LogP contribution in [0.25, 0.3) is 0 Å². The lowest BCUT2D eigenvalue weighted by Crippen LogP contribution is -2.63. The summed E-state index contributed by atoms with van der Waals surface area (Å²) in [5.41, 5.74) is 0. The Balaban J connectivity index is 4.97. The maximum absolute atomic E-state index is 13.2. The molecule has 0 aromatic carbocycles. The summed E-state index contributed by atoms with van der Waals surface area (Å²) in [4.78, 5) is 0. The van der Waals surface area contributed by atoms with E-state index in [2.05, 4.69) is 6.58 Å². The predicted molar refractivity (Wildman–Crippen MR) is 60.2 cm³/mol. The fraction of sp³-hybridized carbons (Fsp3) is 0.833. The van der Waals surface area contributed by atoms with E-state index in [4.69, 9.17) is 5.11 Å². The molecule has 9 heteroatoms. The smallest absolute Gasteiger partial charge is 0.380 e. The van der Waals surface area contributed by atoms with Crippen molar-refractivity contribution in [2.24, 2.45) is 0 Å². The summed E-state index contributed by atoms with van der Waals surface area (Å²) in [6.07, 6.45) is 0.0862. The molecule has 0 amide bonds. The molecule has 0 aliphatic rings. The first kappa shape index (κ1) is 20.1. The maximum atomic E-state index is 13.2. The predicted octanol–water partition coefficient (Wildman–Crippen LogP) is 4.66. The summed E-state index contributed by atoms with van der Waals surface area (Å²) in [6.45, 7) is 0.679.